The number of hydrogen-bond donors (Lipinski definition) is 0. The summed E-state index contributed by atoms with van der Waals surface area (Å²) in [5.74, 6) is -1.05. The molecule has 7 heteroatoms. The number of ether oxygens (including phenoxy) is 2. The van der Waals surface area contributed by atoms with Crippen LogP contribution in [0.2, 0.25) is 0 Å². The first-order valence-electron chi connectivity index (χ1n) is 9.10. The van der Waals surface area contributed by atoms with Gasteiger partial charge in [-0.05, 0) is 31.5 Å². The smallest absolute Gasteiger partial charge is 0.307 e. The first kappa shape index (κ1) is 20.3. The summed E-state index contributed by atoms with van der Waals surface area (Å²) >= 11 is 0. The highest BCUT2D eigenvalue weighted by molar-refractivity contribution is 5.94. The molecule has 144 valence electrons. The molecule has 26 heavy (non-hydrogen) atoms. The maximum Gasteiger partial charge on any atom is 0.307 e. The summed E-state index contributed by atoms with van der Waals surface area (Å²) in [6.45, 7) is 6.92. The molecule has 0 unspecified atom stereocenters. The van der Waals surface area contributed by atoms with Crippen molar-refractivity contribution < 1.29 is 23.5 Å². The van der Waals surface area contributed by atoms with E-state index in [0.717, 1.165) is 39.3 Å². The minimum Gasteiger partial charge on any atom is -0.466 e. The number of halogens is 1. The van der Waals surface area contributed by atoms with Gasteiger partial charge in [0.15, 0.2) is 0 Å². The molecule has 0 aliphatic carbocycles. The first-order valence-corrected chi connectivity index (χ1v) is 9.10. The summed E-state index contributed by atoms with van der Waals surface area (Å²) in [4.78, 5) is 28.3. The zero-order valence-electron chi connectivity index (χ0n) is 15.3. The molecule has 0 bridgehead atoms. The van der Waals surface area contributed by atoms with Gasteiger partial charge in [0.2, 0.25) is 0 Å². The van der Waals surface area contributed by atoms with E-state index in [1.165, 1.54) is 18.2 Å². The van der Waals surface area contributed by atoms with E-state index in [4.69, 9.17) is 9.47 Å². The normalized spacial score (nSPS) is 14.8. The van der Waals surface area contributed by atoms with Crippen molar-refractivity contribution >= 4 is 11.9 Å². The second kappa shape index (κ2) is 10.9. The van der Waals surface area contributed by atoms with Crippen molar-refractivity contribution in [3.63, 3.8) is 0 Å². The van der Waals surface area contributed by atoms with Crippen molar-refractivity contribution in [1.82, 2.24) is 9.80 Å². The molecule has 0 aromatic heterocycles. The van der Waals surface area contributed by atoms with Crippen LogP contribution in [0, 0.1) is 5.82 Å². The summed E-state index contributed by atoms with van der Waals surface area (Å²) in [6.07, 6.45) is 0.913. The second-order valence-corrected chi connectivity index (χ2v) is 6.17. The van der Waals surface area contributed by atoms with E-state index in [1.54, 1.807) is 17.9 Å². The van der Waals surface area contributed by atoms with Crippen LogP contribution in [0.4, 0.5) is 4.39 Å². The number of morpholine rings is 1. The third-order valence-electron chi connectivity index (χ3n) is 4.26. The topological polar surface area (TPSA) is 59.1 Å². The van der Waals surface area contributed by atoms with Gasteiger partial charge in [0, 0.05) is 38.3 Å². The van der Waals surface area contributed by atoms with Gasteiger partial charge in [-0.3, -0.25) is 14.5 Å². The summed E-state index contributed by atoms with van der Waals surface area (Å²) < 4.78 is 23.7. The van der Waals surface area contributed by atoms with Crippen LogP contribution in [0.5, 0.6) is 0 Å². The number of carbonyl (C=O) groups excluding carboxylic acids is 2. The van der Waals surface area contributed by atoms with E-state index >= 15 is 0 Å². The van der Waals surface area contributed by atoms with Crippen molar-refractivity contribution in [1.29, 1.82) is 0 Å². The Morgan fingerprint density at radius 3 is 2.73 bits per heavy atom. The third kappa shape index (κ3) is 6.72. The van der Waals surface area contributed by atoms with Gasteiger partial charge in [0.1, 0.15) is 5.82 Å². The van der Waals surface area contributed by atoms with Crippen LogP contribution < -0.4 is 0 Å². The number of hydrogen-bond acceptors (Lipinski definition) is 5. The van der Waals surface area contributed by atoms with Crippen LogP contribution in [-0.2, 0) is 14.3 Å². The molecule has 1 aromatic rings. The summed E-state index contributed by atoms with van der Waals surface area (Å²) in [6, 6.07) is 5.63. The van der Waals surface area contributed by atoms with Gasteiger partial charge in [0.25, 0.3) is 5.91 Å². The van der Waals surface area contributed by atoms with Crippen molar-refractivity contribution in [3.05, 3.63) is 35.6 Å². The number of benzene rings is 1. The van der Waals surface area contributed by atoms with E-state index < -0.39 is 5.82 Å². The SMILES string of the molecule is CCOC(=O)CCN(CCCN1CCOCC1)C(=O)c1cccc(F)c1. The molecular formula is C19H27FN2O4. The van der Waals surface area contributed by atoms with Crippen LogP contribution >= 0.6 is 0 Å². The Kier molecular flexibility index (Phi) is 8.50. The highest BCUT2D eigenvalue weighted by atomic mass is 19.1. The Morgan fingerprint density at radius 2 is 2.04 bits per heavy atom. The van der Waals surface area contributed by atoms with Crippen LogP contribution in [-0.4, -0.2) is 74.2 Å². The molecule has 0 saturated carbocycles. The van der Waals surface area contributed by atoms with Crippen LogP contribution in [0.3, 0.4) is 0 Å². The molecule has 0 spiro atoms. The molecule has 1 amide bonds. The predicted octanol–water partition coefficient (Wildman–Crippen LogP) is 1.94. The lowest BCUT2D eigenvalue weighted by Crippen LogP contribution is -2.39. The maximum atomic E-state index is 13.4. The molecule has 6 nitrogen and oxygen atoms in total. The highest BCUT2D eigenvalue weighted by Crippen LogP contribution is 2.10. The number of rotatable bonds is 9. The maximum absolute atomic E-state index is 13.4. The standard InChI is InChI=1S/C19H27FN2O4/c1-2-26-18(23)7-10-22(9-4-8-21-11-13-25-14-12-21)19(24)16-5-3-6-17(20)15-16/h3,5-6,15H,2,4,7-14H2,1H3. The quantitative estimate of drug-likeness (QED) is 0.625. The minimum absolute atomic E-state index is 0.131. The Balaban J connectivity index is 1.93. The van der Waals surface area contributed by atoms with Crippen molar-refractivity contribution in [2.45, 2.75) is 19.8 Å². The van der Waals surface area contributed by atoms with Crippen LogP contribution in [0.1, 0.15) is 30.1 Å². The van der Waals surface area contributed by atoms with Gasteiger partial charge in [0.05, 0.1) is 26.2 Å². The average Bonchev–Trinajstić information content (AvgIpc) is 2.65. The van der Waals surface area contributed by atoms with Crippen molar-refractivity contribution in [2.75, 3.05) is 52.5 Å². The summed E-state index contributed by atoms with van der Waals surface area (Å²) in [5, 5.41) is 0. The zero-order valence-corrected chi connectivity index (χ0v) is 15.3. The monoisotopic (exact) mass is 366 g/mol. The fourth-order valence-corrected chi connectivity index (χ4v) is 2.89. The van der Waals surface area contributed by atoms with Gasteiger partial charge in [-0.15, -0.1) is 0 Å². The predicted molar refractivity (Wildman–Crippen MR) is 95.4 cm³/mol. The number of esters is 1. The first-order chi connectivity index (χ1) is 12.6. The molecule has 1 saturated heterocycles. The minimum atomic E-state index is -0.450. The molecule has 1 aliphatic rings. The molecule has 0 radical (unpaired) electrons. The molecule has 1 aromatic carbocycles. The average molecular weight is 366 g/mol. The molecular weight excluding hydrogens is 339 g/mol. The Hall–Kier alpha value is -1.99. The zero-order chi connectivity index (χ0) is 18.8. The van der Waals surface area contributed by atoms with Crippen molar-refractivity contribution in [2.24, 2.45) is 0 Å². The molecule has 0 N–H and O–H groups in total. The van der Waals surface area contributed by atoms with Crippen LogP contribution in [0.15, 0.2) is 24.3 Å². The highest BCUT2D eigenvalue weighted by Gasteiger charge is 2.18. The van der Waals surface area contributed by atoms with Gasteiger partial charge in [-0.25, -0.2) is 4.39 Å². The molecule has 1 fully saturated rings. The number of carbonyl (C=O) groups is 2. The Labute approximate surface area is 153 Å². The van der Waals surface area contributed by atoms with E-state index in [9.17, 15) is 14.0 Å². The number of nitrogens with zero attached hydrogens (tertiary/aromatic N) is 2. The van der Waals surface area contributed by atoms with Crippen LogP contribution in [0.25, 0.3) is 0 Å². The second-order valence-electron chi connectivity index (χ2n) is 6.17. The summed E-state index contributed by atoms with van der Waals surface area (Å²) in [5.41, 5.74) is 0.292. The molecule has 1 heterocycles. The Morgan fingerprint density at radius 1 is 1.27 bits per heavy atom. The fraction of sp³-hybridized carbons (Fsp3) is 0.579. The van der Waals surface area contributed by atoms with E-state index in [0.29, 0.717) is 18.7 Å². The lowest BCUT2D eigenvalue weighted by Gasteiger charge is -2.28. The Bertz CT molecular complexity index is 591. The summed E-state index contributed by atoms with van der Waals surface area (Å²) in [7, 11) is 0. The van der Waals surface area contributed by atoms with E-state index in [1.807, 2.05) is 0 Å². The lowest BCUT2D eigenvalue weighted by atomic mass is 10.1. The molecule has 2 rings (SSSR count). The lowest BCUT2D eigenvalue weighted by molar-refractivity contribution is -0.143. The van der Waals surface area contributed by atoms with Gasteiger partial charge >= 0.3 is 5.97 Å². The largest absolute Gasteiger partial charge is 0.466 e. The van der Waals surface area contributed by atoms with E-state index in [2.05, 4.69) is 4.90 Å². The third-order valence-corrected chi connectivity index (χ3v) is 4.26. The van der Waals surface area contributed by atoms with Crippen molar-refractivity contribution in [3.8, 4) is 0 Å². The molecule has 0 atom stereocenters. The number of amides is 1. The van der Waals surface area contributed by atoms with E-state index in [-0.39, 0.29) is 24.8 Å². The fourth-order valence-electron chi connectivity index (χ4n) is 2.89. The van der Waals surface area contributed by atoms with Gasteiger partial charge in [-0.2, -0.15) is 0 Å². The van der Waals surface area contributed by atoms with Gasteiger partial charge < -0.3 is 14.4 Å². The molecule has 1 aliphatic heterocycles. The van der Waals surface area contributed by atoms with Gasteiger partial charge in [-0.1, -0.05) is 6.07 Å².